The van der Waals surface area contributed by atoms with Gasteiger partial charge in [-0.05, 0) is 52.5 Å². The third-order valence-corrected chi connectivity index (χ3v) is 4.57. The number of carbonyl (C=O) groups is 3. The van der Waals surface area contributed by atoms with Gasteiger partial charge in [0, 0.05) is 18.3 Å². The van der Waals surface area contributed by atoms with Crippen molar-refractivity contribution in [2.75, 3.05) is 19.8 Å². The van der Waals surface area contributed by atoms with E-state index in [1.54, 1.807) is 25.7 Å². The number of hydrogen-bond acceptors (Lipinski definition) is 5. The average molecular weight is 350 g/mol. The fraction of sp³-hybridized carbons (Fsp3) is 0.611. The number of esters is 2. The monoisotopic (exact) mass is 350 g/mol. The molecule has 1 aliphatic heterocycles. The third kappa shape index (κ3) is 4.21. The fourth-order valence-corrected chi connectivity index (χ4v) is 3.21. The molecule has 0 saturated carbocycles. The summed E-state index contributed by atoms with van der Waals surface area (Å²) in [7, 11) is 0. The molecular weight excluding hydrogens is 324 g/mol. The number of amides is 1. The van der Waals surface area contributed by atoms with Gasteiger partial charge in [-0.25, -0.2) is 9.59 Å². The lowest BCUT2D eigenvalue weighted by atomic mass is 10.0. The van der Waals surface area contributed by atoms with Gasteiger partial charge in [-0.1, -0.05) is 0 Å². The highest BCUT2D eigenvalue weighted by Crippen LogP contribution is 2.20. The van der Waals surface area contributed by atoms with Crippen LogP contribution in [-0.4, -0.2) is 53.5 Å². The number of aromatic nitrogens is 1. The molecule has 0 bridgehead atoms. The van der Waals surface area contributed by atoms with Crippen LogP contribution in [0.25, 0.3) is 0 Å². The van der Waals surface area contributed by atoms with Crippen molar-refractivity contribution in [1.82, 2.24) is 9.88 Å². The summed E-state index contributed by atoms with van der Waals surface area (Å²) in [6.07, 6.45) is 3.06. The van der Waals surface area contributed by atoms with Crippen LogP contribution in [0.4, 0.5) is 0 Å². The second-order valence-corrected chi connectivity index (χ2v) is 6.35. The molecule has 7 nitrogen and oxygen atoms in total. The zero-order valence-electron chi connectivity index (χ0n) is 15.3. The van der Waals surface area contributed by atoms with E-state index in [0.717, 1.165) is 19.3 Å². The van der Waals surface area contributed by atoms with Crippen LogP contribution < -0.4 is 0 Å². The van der Waals surface area contributed by atoms with Gasteiger partial charge in [0.15, 0.2) is 6.61 Å². The summed E-state index contributed by atoms with van der Waals surface area (Å²) in [6.45, 7) is 7.71. The van der Waals surface area contributed by atoms with E-state index in [1.807, 2.05) is 6.92 Å². The normalized spacial score (nSPS) is 17.3. The summed E-state index contributed by atoms with van der Waals surface area (Å²) < 4.78 is 10.2. The van der Waals surface area contributed by atoms with Gasteiger partial charge in [-0.15, -0.1) is 0 Å². The van der Waals surface area contributed by atoms with Gasteiger partial charge in [0.25, 0.3) is 5.91 Å². The van der Waals surface area contributed by atoms with Crippen LogP contribution in [0, 0.1) is 13.8 Å². The summed E-state index contributed by atoms with van der Waals surface area (Å²) in [6, 6.07) is 0.172. The van der Waals surface area contributed by atoms with Crippen LogP contribution in [-0.2, 0) is 14.3 Å². The number of aryl methyl sites for hydroxylation is 1. The molecule has 2 rings (SSSR count). The second kappa shape index (κ2) is 8.18. The molecule has 1 atom stereocenters. The SMILES string of the molecule is CCOC(=O)c1[nH]c(C)c(C(=O)OCC(=O)N2CCCC[C@H]2C)c1C. The molecule has 1 amide bonds. The van der Waals surface area contributed by atoms with E-state index in [1.165, 1.54) is 0 Å². The van der Waals surface area contributed by atoms with E-state index in [2.05, 4.69) is 4.98 Å². The Morgan fingerprint density at radius 3 is 2.52 bits per heavy atom. The Morgan fingerprint density at radius 2 is 1.88 bits per heavy atom. The molecule has 1 saturated heterocycles. The van der Waals surface area contributed by atoms with Crippen LogP contribution in [0.1, 0.15) is 65.2 Å². The van der Waals surface area contributed by atoms with Crippen molar-refractivity contribution in [2.45, 2.75) is 53.0 Å². The fourth-order valence-electron chi connectivity index (χ4n) is 3.21. The highest BCUT2D eigenvalue weighted by Gasteiger charge is 2.27. The molecule has 138 valence electrons. The number of carbonyl (C=O) groups excluding carboxylic acids is 3. The first-order valence-electron chi connectivity index (χ1n) is 8.69. The molecule has 0 aromatic carbocycles. The molecule has 1 aromatic rings. The molecule has 0 aliphatic carbocycles. The number of nitrogens with one attached hydrogen (secondary N) is 1. The molecule has 25 heavy (non-hydrogen) atoms. The molecular formula is C18H26N2O5. The van der Waals surface area contributed by atoms with E-state index in [4.69, 9.17) is 9.47 Å². The van der Waals surface area contributed by atoms with Crippen LogP contribution in [0.15, 0.2) is 0 Å². The second-order valence-electron chi connectivity index (χ2n) is 6.35. The molecule has 7 heteroatoms. The molecule has 0 radical (unpaired) electrons. The number of H-pyrrole nitrogens is 1. The lowest BCUT2D eigenvalue weighted by molar-refractivity contribution is -0.137. The first-order valence-corrected chi connectivity index (χ1v) is 8.69. The van der Waals surface area contributed by atoms with Gasteiger partial charge >= 0.3 is 11.9 Å². The van der Waals surface area contributed by atoms with Gasteiger partial charge in [-0.3, -0.25) is 4.79 Å². The van der Waals surface area contributed by atoms with Gasteiger partial charge in [0.2, 0.25) is 0 Å². The maximum Gasteiger partial charge on any atom is 0.355 e. The zero-order valence-corrected chi connectivity index (χ0v) is 15.3. The molecule has 0 unspecified atom stereocenters. The predicted octanol–water partition coefficient (Wildman–Crippen LogP) is 2.37. The van der Waals surface area contributed by atoms with Gasteiger partial charge in [-0.2, -0.15) is 0 Å². The van der Waals surface area contributed by atoms with Crippen molar-refractivity contribution in [2.24, 2.45) is 0 Å². The Bertz CT molecular complexity index is 665. The van der Waals surface area contributed by atoms with Gasteiger partial charge < -0.3 is 19.4 Å². The van der Waals surface area contributed by atoms with Crippen molar-refractivity contribution in [3.63, 3.8) is 0 Å². The van der Waals surface area contributed by atoms with Crippen LogP contribution in [0.2, 0.25) is 0 Å². The molecule has 1 aromatic heterocycles. The Hall–Kier alpha value is -2.31. The van der Waals surface area contributed by atoms with Crippen molar-refractivity contribution < 1.29 is 23.9 Å². The Morgan fingerprint density at radius 1 is 1.16 bits per heavy atom. The number of ether oxygens (including phenoxy) is 2. The van der Waals surface area contributed by atoms with Crippen molar-refractivity contribution >= 4 is 17.8 Å². The number of piperidine rings is 1. The average Bonchev–Trinajstić information content (AvgIpc) is 2.87. The number of nitrogens with zero attached hydrogens (tertiary/aromatic N) is 1. The summed E-state index contributed by atoms with van der Waals surface area (Å²) in [4.78, 5) is 41.2. The lowest BCUT2D eigenvalue weighted by Crippen LogP contribution is -2.44. The van der Waals surface area contributed by atoms with Crippen molar-refractivity contribution in [3.8, 4) is 0 Å². The van der Waals surface area contributed by atoms with Gasteiger partial charge in [0.05, 0.1) is 12.2 Å². The Labute approximate surface area is 147 Å². The molecule has 0 spiro atoms. The smallest absolute Gasteiger partial charge is 0.355 e. The zero-order chi connectivity index (χ0) is 18.6. The summed E-state index contributed by atoms with van der Waals surface area (Å²) >= 11 is 0. The van der Waals surface area contributed by atoms with E-state index in [0.29, 0.717) is 17.8 Å². The summed E-state index contributed by atoms with van der Waals surface area (Å²) in [5.41, 5.74) is 1.51. The first kappa shape index (κ1) is 19.0. The highest BCUT2D eigenvalue weighted by atomic mass is 16.5. The topological polar surface area (TPSA) is 88.7 Å². The van der Waals surface area contributed by atoms with Gasteiger partial charge in [0.1, 0.15) is 5.69 Å². The highest BCUT2D eigenvalue weighted by molar-refractivity contribution is 5.99. The van der Waals surface area contributed by atoms with Crippen molar-refractivity contribution in [3.05, 3.63) is 22.5 Å². The standard InChI is InChI=1S/C18H26N2O5/c1-5-24-18(23)16-12(3)15(13(4)19-16)17(22)25-10-14(21)20-9-7-6-8-11(20)2/h11,19H,5-10H2,1-4H3/t11-/m1/s1. The van der Waals surface area contributed by atoms with Crippen molar-refractivity contribution in [1.29, 1.82) is 0 Å². The third-order valence-electron chi connectivity index (χ3n) is 4.57. The summed E-state index contributed by atoms with van der Waals surface area (Å²) in [5, 5.41) is 0. The van der Waals surface area contributed by atoms with E-state index < -0.39 is 11.9 Å². The van der Waals surface area contributed by atoms with Crippen LogP contribution in [0.3, 0.4) is 0 Å². The lowest BCUT2D eigenvalue weighted by Gasteiger charge is -2.33. The summed E-state index contributed by atoms with van der Waals surface area (Å²) in [5.74, 6) is -1.31. The van der Waals surface area contributed by atoms with E-state index in [9.17, 15) is 14.4 Å². The first-order chi connectivity index (χ1) is 11.9. The molecule has 1 fully saturated rings. The van der Waals surface area contributed by atoms with Crippen LogP contribution in [0.5, 0.6) is 0 Å². The number of rotatable bonds is 5. The maximum absolute atomic E-state index is 12.4. The number of aromatic amines is 1. The Kier molecular flexibility index (Phi) is 6.22. The minimum absolute atomic E-state index is 0.172. The van der Waals surface area contributed by atoms with E-state index >= 15 is 0 Å². The van der Waals surface area contributed by atoms with E-state index in [-0.39, 0.29) is 36.4 Å². The largest absolute Gasteiger partial charge is 0.461 e. The predicted molar refractivity (Wildman–Crippen MR) is 91.5 cm³/mol. The molecule has 1 N–H and O–H groups in total. The Balaban J connectivity index is 2.03. The van der Waals surface area contributed by atoms with Crippen LogP contribution >= 0.6 is 0 Å². The minimum Gasteiger partial charge on any atom is -0.461 e. The number of hydrogen-bond donors (Lipinski definition) is 1. The minimum atomic E-state index is -0.611. The number of likely N-dealkylation sites (tertiary alicyclic amines) is 1. The molecule has 1 aliphatic rings. The maximum atomic E-state index is 12.4. The molecule has 2 heterocycles. The quantitative estimate of drug-likeness (QED) is 0.824.